The first-order valence-corrected chi connectivity index (χ1v) is 10.8. The van der Waals surface area contributed by atoms with Gasteiger partial charge in [0.05, 0.1) is 13.2 Å². The summed E-state index contributed by atoms with van der Waals surface area (Å²) in [5.41, 5.74) is 0.671. The monoisotopic (exact) mass is 412 g/mol. The number of ether oxygens (including phenoxy) is 2. The van der Waals surface area contributed by atoms with Crippen LogP contribution in [0.4, 0.5) is 5.82 Å². The summed E-state index contributed by atoms with van der Waals surface area (Å²) in [6.07, 6.45) is 8.34. The van der Waals surface area contributed by atoms with Crippen molar-refractivity contribution in [2.45, 2.75) is 45.1 Å². The summed E-state index contributed by atoms with van der Waals surface area (Å²) in [6, 6.07) is 7.43. The molecule has 1 saturated heterocycles. The molecule has 1 aliphatic heterocycles. The van der Waals surface area contributed by atoms with Crippen LogP contribution in [0.1, 0.15) is 49.4 Å². The highest BCUT2D eigenvalue weighted by atomic mass is 16.5. The van der Waals surface area contributed by atoms with Crippen LogP contribution in [0.15, 0.2) is 36.7 Å². The highest BCUT2D eigenvalue weighted by Crippen LogP contribution is 2.25. The molecule has 0 saturated carbocycles. The standard InChI is InChI=1S/C23H32N4O3/c1-4-5-6-16-29-19-11-9-18(10-12-19)23(28)27-15-7-8-20(17-27)30-22-21(26(2)3)24-13-14-25-22/h9-14,20H,4-8,15-17H2,1-3H3. The summed E-state index contributed by atoms with van der Waals surface area (Å²) in [4.78, 5) is 25.4. The van der Waals surface area contributed by atoms with Gasteiger partial charge in [0.2, 0.25) is 0 Å². The van der Waals surface area contributed by atoms with Gasteiger partial charge >= 0.3 is 0 Å². The number of benzene rings is 1. The van der Waals surface area contributed by atoms with E-state index in [0.717, 1.165) is 31.6 Å². The molecule has 1 aromatic carbocycles. The van der Waals surface area contributed by atoms with E-state index < -0.39 is 0 Å². The van der Waals surface area contributed by atoms with E-state index in [1.165, 1.54) is 12.8 Å². The SMILES string of the molecule is CCCCCOc1ccc(C(=O)N2CCCC(Oc3nccnc3N(C)C)C2)cc1. The quantitative estimate of drug-likeness (QED) is 0.584. The molecule has 0 N–H and O–H groups in total. The molecule has 2 aromatic rings. The minimum Gasteiger partial charge on any atom is -0.494 e. The molecule has 1 amide bonds. The van der Waals surface area contributed by atoms with Crippen molar-refractivity contribution in [3.63, 3.8) is 0 Å². The number of rotatable bonds is 9. The zero-order chi connectivity index (χ0) is 21.3. The fourth-order valence-electron chi connectivity index (χ4n) is 3.50. The van der Waals surface area contributed by atoms with Crippen molar-refractivity contribution < 1.29 is 14.3 Å². The van der Waals surface area contributed by atoms with Gasteiger partial charge in [-0.3, -0.25) is 4.79 Å². The highest BCUT2D eigenvalue weighted by Gasteiger charge is 2.27. The Morgan fingerprint density at radius 1 is 1.17 bits per heavy atom. The highest BCUT2D eigenvalue weighted by molar-refractivity contribution is 5.94. The molecule has 1 atom stereocenters. The van der Waals surface area contributed by atoms with E-state index in [4.69, 9.17) is 9.47 Å². The maximum atomic E-state index is 13.0. The van der Waals surface area contributed by atoms with Crippen molar-refractivity contribution >= 4 is 11.7 Å². The Morgan fingerprint density at radius 2 is 1.93 bits per heavy atom. The third kappa shape index (κ3) is 5.84. The van der Waals surface area contributed by atoms with Gasteiger partial charge in [-0.15, -0.1) is 0 Å². The van der Waals surface area contributed by atoms with E-state index >= 15 is 0 Å². The second kappa shape index (κ2) is 10.8. The van der Waals surface area contributed by atoms with Gasteiger partial charge in [-0.25, -0.2) is 9.97 Å². The zero-order valence-electron chi connectivity index (χ0n) is 18.2. The van der Waals surface area contributed by atoms with Crippen molar-refractivity contribution in [1.82, 2.24) is 14.9 Å². The van der Waals surface area contributed by atoms with Crippen molar-refractivity contribution in [2.24, 2.45) is 0 Å². The summed E-state index contributed by atoms with van der Waals surface area (Å²) in [7, 11) is 3.81. The van der Waals surface area contributed by atoms with Crippen LogP contribution in [-0.2, 0) is 0 Å². The van der Waals surface area contributed by atoms with Crippen LogP contribution in [0.3, 0.4) is 0 Å². The van der Waals surface area contributed by atoms with Crippen molar-refractivity contribution in [2.75, 3.05) is 38.7 Å². The van der Waals surface area contributed by atoms with Gasteiger partial charge in [-0.05, 0) is 43.5 Å². The number of hydrogen-bond donors (Lipinski definition) is 0. The number of aromatic nitrogens is 2. The van der Waals surface area contributed by atoms with Crippen LogP contribution < -0.4 is 14.4 Å². The van der Waals surface area contributed by atoms with E-state index in [9.17, 15) is 4.79 Å². The molecule has 0 bridgehead atoms. The molecule has 7 heteroatoms. The first-order chi connectivity index (χ1) is 14.6. The van der Waals surface area contributed by atoms with E-state index in [-0.39, 0.29) is 12.0 Å². The number of carbonyl (C=O) groups is 1. The molecule has 30 heavy (non-hydrogen) atoms. The minimum absolute atomic E-state index is 0.0211. The topological polar surface area (TPSA) is 67.8 Å². The second-order valence-corrected chi connectivity index (χ2v) is 7.79. The average Bonchev–Trinajstić information content (AvgIpc) is 2.77. The maximum Gasteiger partial charge on any atom is 0.257 e. The number of unbranched alkanes of at least 4 members (excludes halogenated alkanes) is 2. The van der Waals surface area contributed by atoms with Gasteiger partial charge in [0.1, 0.15) is 11.9 Å². The van der Waals surface area contributed by atoms with E-state index in [2.05, 4.69) is 16.9 Å². The van der Waals surface area contributed by atoms with Gasteiger partial charge < -0.3 is 19.3 Å². The van der Waals surface area contributed by atoms with Gasteiger partial charge in [0, 0.05) is 38.6 Å². The maximum absolute atomic E-state index is 13.0. The number of likely N-dealkylation sites (tertiary alicyclic amines) is 1. The van der Waals surface area contributed by atoms with Crippen LogP contribution in [0.2, 0.25) is 0 Å². The van der Waals surface area contributed by atoms with Crippen molar-refractivity contribution in [1.29, 1.82) is 0 Å². The molecule has 0 spiro atoms. The lowest BCUT2D eigenvalue weighted by Crippen LogP contribution is -2.44. The smallest absolute Gasteiger partial charge is 0.257 e. The fourth-order valence-corrected chi connectivity index (χ4v) is 3.50. The molecule has 3 rings (SSSR count). The third-order valence-electron chi connectivity index (χ3n) is 5.13. The van der Waals surface area contributed by atoms with Crippen LogP contribution >= 0.6 is 0 Å². The zero-order valence-corrected chi connectivity index (χ0v) is 18.2. The Balaban J connectivity index is 1.58. The van der Waals surface area contributed by atoms with Gasteiger partial charge in [-0.2, -0.15) is 0 Å². The minimum atomic E-state index is -0.0979. The van der Waals surface area contributed by atoms with Crippen molar-refractivity contribution in [3.05, 3.63) is 42.2 Å². The number of carbonyl (C=O) groups excluding carboxylic acids is 1. The summed E-state index contributed by atoms with van der Waals surface area (Å²) >= 11 is 0. The van der Waals surface area contributed by atoms with Crippen LogP contribution in [0.5, 0.6) is 11.6 Å². The van der Waals surface area contributed by atoms with Crippen LogP contribution in [-0.4, -0.2) is 60.7 Å². The lowest BCUT2D eigenvalue weighted by Gasteiger charge is -2.33. The molecule has 7 nitrogen and oxygen atoms in total. The molecule has 0 aliphatic carbocycles. The number of piperidine rings is 1. The predicted octanol–water partition coefficient (Wildman–Crippen LogP) is 3.80. The summed E-state index contributed by atoms with van der Waals surface area (Å²) in [6.45, 7) is 4.15. The Kier molecular flexibility index (Phi) is 7.88. The summed E-state index contributed by atoms with van der Waals surface area (Å²) in [5.74, 6) is 2.02. The molecule has 1 aromatic heterocycles. The Labute approximate surface area is 179 Å². The van der Waals surface area contributed by atoms with E-state index in [1.807, 2.05) is 48.2 Å². The van der Waals surface area contributed by atoms with Crippen LogP contribution in [0.25, 0.3) is 0 Å². The lowest BCUT2D eigenvalue weighted by molar-refractivity contribution is 0.0528. The molecule has 2 heterocycles. The van der Waals surface area contributed by atoms with Gasteiger partial charge in [0.15, 0.2) is 5.82 Å². The number of amides is 1. The summed E-state index contributed by atoms with van der Waals surface area (Å²) < 4.78 is 11.9. The molecule has 1 aliphatic rings. The fraction of sp³-hybridized carbons (Fsp3) is 0.522. The Bertz CT molecular complexity index is 810. The first-order valence-electron chi connectivity index (χ1n) is 10.8. The Morgan fingerprint density at radius 3 is 2.67 bits per heavy atom. The van der Waals surface area contributed by atoms with Crippen molar-refractivity contribution in [3.8, 4) is 11.6 Å². The molecular weight excluding hydrogens is 380 g/mol. The molecule has 0 radical (unpaired) electrons. The van der Waals surface area contributed by atoms with E-state index in [0.29, 0.717) is 30.4 Å². The first kappa shape index (κ1) is 21.9. The second-order valence-electron chi connectivity index (χ2n) is 7.79. The number of hydrogen-bond acceptors (Lipinski definition) is 6. The largest absolute Gasteiger partial charge is 0.494 e. The summed E-state index contributed by atoms with van der Waals surface area (Å²) in [5, 5.41) is 0. The molecule has 162 valence electrons. The van der Waals surface area contributed by atoms with Gasteiger partial charge in [-0.1, -0.05) is 19.8 Å². The van der Waals surface area contributed by atoms with E-state index in [1.54, 1.807) is 12.4 Å². The number of nitrogens with zero attached hydrogens (tertiary/aromatic N) is 4. The number of anilines is 1. The molecular formula is C23H32N4O3. The molecule has 1 unspecified atom stereocenters. The lowest BCUT2D eigenvalue weighted by atomic mass is 10.1. The Hall–Kier alpha value is -2.83. The predicted molar refractivity (Wildman–Crippen MR) is 117 cm³/mol. The average molecular weight is 413 g/mol. The third-order valence-corrected chi connectivity index (χ3v) is 5.13. The normalized spacial score (nSPS) is 16.2. The van der Waals surface area contributed by atoms with Crippen LogP contribution in [0, 0.1) is 0 Å². The molecule has 1 fully saturated rings. The van der Waals surface area contributed by atoms with Gasteiger partial charge in [0.25, 0.3) is 11.8 Å².